The lowest BCUT2D eigenvalue weighted by Crippen LogP contribution is -2.34. The van der Waals surface area contributed by atoms with E-state index < -0.39 is 0 Å². The van der Waals surface area contributed by atoms with Crippen LogP contribution in [-0.2, 0) is 4.79 Å². The van der Waals surface area contributed by atoms with Crippen molar-refractivity contribution in [2.24, 2.45) is 17.6 Å². The fraction of sp³-hybridized carbons (Fsp3) is 0.917. The van der Waals surface area contributed by atoms with Gasteiger partial charge in [0.15, 0.2) is 0 Å². The second-order valence-electron chi connectivity index (χ2n) is 5.08. The van der Waals surface area contributed by atoms with Crippen molar-refractivity contribution in [1.82, 2.24) is 4.90 Å². The summed E-state index contributed by atoms with van der Waals surface area (Å²) in [6.45, 7) is 2.66. The average Bonchev–Trinajstić information content (AvgIpc) is 3.06. The van der Waals surface area contributed by atoms with Gasteiger partial charge in [-0.25, -0.2) is 0 Å². The van der Waals surface area contributed by atoms with Gasteiger partial charge in [0.25, 0.3) is 0 Å². The predicted molar refractivity (Wildman–Crippen MR) is 60.3 cm³/mol. The lowest BCUT2D eigenvalue weighted by Gasteiger charge is -2.22. The van der Waals surface area contributed by atoms with Crippen molar-refractivity contribution < 1.29 is 4.79 Å². The van der Waals surface area contributed by atoms with Gasteiger partial charge in [0.2, 0.25) is 5.91 Å². The van der Waals surface area contributed by atoms with Gasteiger partial charge in [0.05, 0.1) is 0 Å². The molecular formula is C12H22N2O. The normalized spacial score (nSPS) is 20.3. The summed E-state index contributed by atoms with van der Waals surface area (Å²) in [7, 11) is 0. The van der Waals surface area contributed by atoms with Crippen LogP contribution >= 0.6 is 0 Å². The third-order valence-electron chi connectivity index (χ3n) is 3.30. The van der Waals surface area contributed by atoms with Gasteiger partial charge >= 0.3 is 0 Å². The molecule has 0 radical (unpaired) electrons. The van der Waals surface area contributed by atoms with Crippen molar-refractivity contribution in [3.63, 3.8) is 0 Å². The molecule has 86 valence electrons. The van der Waals surface area contributed by atoms with Crippen molar-refractivity contribution in [3.05, 3.63) is 0 Å². The van der Waals surface area contributed by atoms with E-state index in [0.717, 1.165) is 31.3 Å². The highest BCUT2D eigenvalue weighted by molar-refractivity contribution is 5.76. The molecule has 2 fully saturated rings. The van der Waals surface area contributed by atoms with E-state index in [-0.39, 0.29) is 0 Å². The molecule has 0 saturated heterocycles. The van der Waals surface area contributed by atoms with E-state index in [4.69, 9.17) is 5.73 Å². The van der Waals surface area contributed by atoms with E-state index >= 15 is 0 Å². The second-order valence-corrected chi connectivity index (χ2v) is 5.08. The molecule has 0 aromatic rings. The third kappa shape index (κ3) is 3.82. The van der Waals surface area contributed by atoms with Gasteiger partial charge in [-0.15, -0.1) is 0 Å². The molecule has 2 aliphatic carbocycles. The average molecular weight is 210 g/mol. The number of nitrogens with two attached hydrogens (primary N) is 1. The molecule has 2 saturated carbocycles. The van der Waals surface area contributed by atoms with Crippen LogP contribution in [0.15, 0.2) is 0 Å². The molecule has 0 unspecified atom stereocenters. The summed E-state index contributed by atoms with van der Waals surface area (Å²) >= 11 is 0. The Balaban J connectivity index is 1.75. The van der Waals surface area contributed by atoms with Gasteiger partial charge in [-0.3, -0.25) is 4.79 Å². The SMILES string of the molecule is NCCCC(=O)N(CC1CC1)CC1CC1. The van der Waals surface area contributed by atoms with Crippen molar-refractivity contribution in [1.29, 1.82) is 0 Å². The Morgan fingerprint density at radius 3 is 2.07 bits per heavy atom. The first-order chi connectivity index (χ1) is 7.29. The van der Waals surface area contributed by atoms with Gasteiger partial charge in [0, 0.05) is 19.5 Å². The molecule has 0 atom stereocenters. The number of hydrogen-bond donors (Lipinski definition) is 1. The van der Waals surface area contributed by atoms with Crippen molar-refractivity contribution >= 4 is 5.91 Å². The summed E-state index contributed by atoms with van der Waals surface area (Å²) in [6, 6.07) is 0. The Labute approximate surface area is 92.0 Å². The van der Waals surface area contributed by atoms with Crippen LogP contribution in [0, 0.1) is 11.8 Å². The first kappa shape index (κ1) is 10.9. The molecule has 2 N–H and O–H groups in total. The van der Waals surface area contributed by atoms with Crippen LogP contribution in [0.5, 0.6) is 0 Å². The minimum atomic E-state index is 0.333. The molecule has 3 nitrogen and oxygen atoms in total. The highest BCUT2D eigenvalue weighted by Gasteiger charge is 2.30. The smallest absolute Gasteiger partial charge is 0.222 e. The molecule has 2 aliphatic rings. The van der Waals surface area contributed by atoms with E-state index in [1.807, 2.05) is 0 Å². The molecule has 15 heavy (non-hydrogen) atoms. The predicted octanol–water partition coefficient (Wildman–Crippen LogP) is 1.37. The molecule has 0 heterocycles. The molecule has 0 bridgehead atoms. The molecule has 0 spiro atoms. The highest BCUT2D eigenvalue weighted by Crippen LogP contribution is 2.33. The summed E-state index contributed by atoms with van der Waals surface area (Å²) in [4.78, 5) is 14.0. The standard InChI is InChI=1S/C12H22N2O/c13-7-1-2-12(15)14(8-10-3-4-10)9-11-5-6-11/h10-11H,1-9,13H2. The summed E-state index contributed by atoms with van der Waals surface area (Å²) in [5, 5.41) is 0. The van der Waals surface area contributed by atoms with Gasteiger partial charge in [-0.05, 0) is 50.5 Å². The Kier molecular flexibility index (Phi) is 3.62. The van der Waals surface area contributed by atoms with Crippen LogP contribution in [-0.4, -0.2) is 30.4 Å². The highest BCUT2D eigenvalue weighted by atomic mass is 16.2. The molecular weight excluding hydrogens is 188 g/mol. The number of nitrogens with zero attached hydrogens (tertiary/aromatic N) is 1. The van der Waals surface area contributed by atoms with E-state index in [0.29, 0.717) is 18.9 Å². The molecule has 0 aromatic carbocycles. The van der Waals surface area contributed by atoms with Crippen molar-refractivity contribution in [2.75, 3.05) is 19.6 Å². The third-order valence-corrected chi connectivity index (χ3v) is 3.30. The monoisotopic (exact) mass is 210 g/mol. The van der Waals surface area contributed by atoms with Crippen LogP contribution in [0.4, 0.5) is 0 Å². The lowest BCUT2D eigenvalue weighted by molar-refractivity contribution is -0.131. The van der Waals surface area contributed by atoms with Gasteiger partial charge < -0.3 is 10.6 Å². The van der Waals surface area contributed by atoms with Gasteiger partial charge in [0.1, 0.15) is 0 Å². The Morgan fingerprint density at radius 2 is 1.67 bits per heavy atom. The first-order valence-electron chi connectivity index (χ1n) is 6.27. The minimum Gasteiger partial charge on any atom is -0.342 e. The zero-order valence-electron chi connectivity index (χ0n) is 9.45. The van der Waals surface area contributed by atoms with E-state index in [2.05, 4.69) is 4.90 Å². The maximum absolute atomic E-state index is 11.9. The summed E-state index contributed by atoms with van der Waals surface area (Å²) in [5.74, 6) is 1.95. The molecule has 0 aliphatic heterocycles. The van der Waals surface area contributed by atoms with Crippen LogP contribution in [0.1, 0.15) is 38.5 Å². The van der Waals surface area contributed by atoms with Crippen molar-refractivity contribution in [3.8, 4) is 0 Å². The van der Waals surface area contributed by atoms with E-state index in [9.17, 15) is 4.79 Å². The maximum Gasteiger partial charge on any atom is 0.222 e. The molecule has 2 rings (SSSR count). The lowest BCUT2D eigenvalue weighted by atomic mass is 10.2. The maximum atomic E-state index is 11.9. The number of hydrogen-bond acceptors (Lipinski definition) is 2. The van der Waals surface area contributed by atoms with Gasteiger partial charge in [-0.1, -0.05) is 0 Å². The molecule has 1 amide bonds. The van der Waals surface area contributed by atoms with Crippen LogP contribution in [0.3, 0.4) is 0 Å². The fourth-order valence-corrected chi connectivity index (χ4v) is 1.91. The number of rotatable bonds is 7. The first-order valence-corrected chi connectivity index (χ1v) is 6.27. The van der Waals surface area contributed by atoms with E-state index in [1.165, 1.54) is 25.7 Å². The van der Waals surface area contributed by atoms with E-state index in [1.54, 1.807) is 0 Å². The van der Waals surface area contributed by atoms with Gasteiger partial charge in [-0.2, -0.15) is 0 Å². The number of carbonyl (C=O) groups excluding carboxylic acids is 1. The second kappa shape index (κ2) is 4.97. The Bertz CT molecular complexity index is 208. The quantitative estimate of drug-likeness (QED) is 0.690. The van der Waals surface area contributed by atoms with Crippen LogP contribution in [0.25, 0.3) is 0 Å². The van der Waals surface area contributed by atoms with Crippen LogP contribution in [0.2, 0.25) is 0 Å². The van der Waals surface area contributed by atoms with Crippen LogP contribution < -0.4 is 5.73 Å². The Morgan fingerprint density at radius 1 is 1.13 bits per heavy atom. The molecule has 0 aromatic heterocycles. The molecule has 3 heteroatoms. The Hall–Kier alpha value is -0.570. The van der Waals surface area contributed by atoms with Crippen molar-refractivity contribution in [2.45, 2.75) is 38.5 Å². The summed E-state index contributed by atoms with van der Waals surface area (Å²) in [6.07, 6.45) is 6.79. The zero-order chi connectivity index (χ0) is 10.7. The minimum absolute atomic E-state index is 0.333. The fourth-order valence-electron chi connectivity index (χ4n) is 1.91. The zero-order valence-corrected chi connectivity index (χ0v) is 9.45. The summed E-state index contributed by atoms with van der Waals surface area (Å²) in [5.41, 5.74) is 5.43. The summed E-state index contributed by atoms with van der Waals surface area (Å²) < 4.78 is 0. The largest absolute Gasteiger partial charge is 0.342 e. The number of amides is 1. The number of carbonyl (C=O) groups is 1. The topological polar surface area (TPSA) is 46.3 Å².